The fourth-order valence-corrected chi connectivity index (χ4v) is 2.36. The zero-order valence-corrected chi connectivity index (χ0v) is 13.0. The lowest BCUT2D eigenvalue weighted by Gasteiger charge is -2.10. The van der Waals surface area contributed by atoms with Crippen LogP contribution < -0.4 is 10.6 Å². The van der Waals surface area contributed by atoms with Crippen LogP contribution in [0.2, 0.25) is 0 Å². The minimum absolute atomic E-state index is 0.140. The van der Waals surface area contributed by atoms with Crippen molar-refractivity contribution in [3.8, 4) is 0 Å². The van der Waals surface area contributed by atoms with Gasteiger partial charge in [-0.1, -0.05) is 36.4 Å². The average Bonchev–Trinajstić information content (AvgIpc) is 2.58. The Labute approximate surface area is 140 Å². The summed E-state index contributed by atoms with van der Waals surface area (Å²) < 4.78 is 12.9. The summed E-state index contributed by atoms with van der Waals surface area (Å²) in [4.78, 5) is 12.1. The molecule has 0 radical (unpaired) electrons. The van der Waals surface area contributed by atoms with Crippen LogP contribution >= 0.6 is 0 Å². The van der Waals surface area contributed by atoms with Crippen LogP contribution in [0.25, 0.3) is 0 Å². The third-order valence-corrected chi connectivity index (χ3v) is 3.49. The number of hydrogen-bond acceptors (Lipinski definition) is 2. The number of amides is 1. The van der Waals surface area contributed by atoms with Crippen LogP contribution in [-0.2, 0) is 11.2 Å². The van der Waals surface area contributed by atoms with Gasteiger partial charge in [-0.25, -0.2) is 4.39 Å². The molecule has 0 aliphatic carbocycles. The number of anilines is 3. The van der Waals surface area contributed by atoms with E-state index in [2.05, 4.69) is 10.6 Å². The second-order valence-corrected chi connectivity index (χ2v) is 5.42. The van der Waals surface area contributed by atoms with Gasteiger partial charge in [-0.05, 0) is 48.0 Å². The Kier molecular flexibility index (Phi) is 4.87. The van der Waals surface area contributed by atoms with Gasteiger partial charge in [0.1, 0.15) is 5.82 Å². The molecule has 1 amide bonds. The Bertz CT molecular complexity index is 817. The molecule has 120 valence electrons. The molecule has 3 aromatic carbocycles. The third kappa shape index (κ3) is 4.43. The van der Waals surface area contributed by atoms with Gasteiger partial charge in [0.05, 0.1) is 6.42 Å². The largest absolute Gasteiger partial charge is 0.355 e. The molecular weight excluding hydrogens is 303 g/mol. The predicted molar refractivity (Wildman–Crippen MR) is 94.9 cm³/mol. The van der Waals surface area contributed by atoms with Gasteiger partial charge in [0.15, 0.2) is 0 Å². The number of carbonyl (C=O) groups is 1. The molecule has 0 aliphatic rings. The second kappa shape index (κ2) is 7.42. The maximum atomic E-state index is 12.9. The monoisotopic (exact) mass is 320 g/mol. The molecular formula is C20H17FN2O. The average molecular weight is 320 g/mol. The van der Waals surface area contributed by atoms with E-state index in [-0.39, 0.29) is 18.1 Å². The van der Waals surface area contributed by atoms with Gasteiger partial charge in [0.2, 0.25) is 5.91 Å². The third-order valence-electron chi connectivity index (χ3n) is 3.49. The number of hydrogen-bond donors (Lipinski definition) is 2. The first-order valence-electron chi connectivity index (χ1n) is 7.65. The van der Waals surface area contributed by atoms with Crippen LogP contribution in [0.5, 0.6) is 0 Å². The van der Waals surface area contributed by atoms with Crippen LogP contribution in [-0.4, -0.2) is 5.91 Å². The molecule has 0 spiro atoms. The molecule has 24 heavy (non-hydrogen) atoms. The smallest absolute Gasteiger partial charge is 0.228 e. The lowest BCUT2D eigenvalue weighted by Crippen LogP contribution is -2.14. The van der Waals surface area contributed by atoms with Gasteiger partial charge in [-0.15, -0.1) is 0 Å². The first kappa shape index (κ1) is 15.7. The summed E-state index contributed by atoms with van der Waals surface area (Å²) in [6.45, 7) is 0. The topological polar surface area (TPSA) is 41.1 Å². The standard InChI is InChI=1S/C20H17FN2O/c21-16-11-9-15(10-12-16)13-20(24)23-19-8-4-7-18(14-19)22-17-5-2-1-3-6-17/h1-12,14,22H,13H2,(H,23,24). The zero-order valence-electron chi connectivity index (χ0n) is 13.0. The summed E-state index contributed by atoms with van der Waals surface area (Å²) >= 11 is 0. The number of rotatable bonds is 5. The second-order valence-electron chi connectivity index (χ2n) is 5.42. The lowest BCUT2D eigenvalue weighted by molar-refractivity contribution is -0.115. The molecule has 0 saturated carbocycles. The van der Waals surface area contributed by atoms with Crippen molar-refractivity contribution in [1.82, 2.24) is 0 Å². The molecule has 0 fully saturated rings. The summed E-state index contributed by atoms with van der Waals surface area (Å²) in [5.41, 5.74) is 3.35. The highest BCUT2D eigenvalue weighted by atomic mass is 19.1. The van der Waals surface area contributed by atoms with E-state index in [1.807, 2.05) is 54.6 Å². The summed E-state index contributed by atoms with van der Waals surface area (Å²) in [7, 11) is 0. The van der Waals surface area contributed by atoms with Crippen LogP contribution in [0.15, 0.2) is 78.9 Å². The van der Waals surface area contributed by atoms with Gasteiger partial charge >= 0.3 is 0 Å². The van der Waals surface area contributed by atoms with Gasteiger partial charge < -0.3 is 10.6 Å². The summed E-state index contributed by atoms with van der Waals surface area (Å²) in [6.07, 6.45) is 0.205. The lowest BCUT2D eigenvalue weighted by atomic mass is 10.1. The van der Waals surface area contributed by atoms with Crippen LogP contribution in [0.4, 0.5) is 21.5 Å². The Morgan fingerprint density at radius 1 is 0.792 bits per heavy atom. The Morgan fingerprint density at radius 3 is 2.21 bits per heavy atom. The van der Waals surface area contributed by atoms with Crippen LogP contribution in [0, 0.1) is 5.82 Å². The van der Waals surface area contributed by atoms with Gasteiger partial charge in [0.25, 0.3) is 0 Å². The van der Waals surface area contributed by atoms with E-state index in [0.717, 1.165) is 16.9 Å². The molecule has 0 unspecified atom stereocenters. The van der Waals surface area contributed by atoms with E-state index in [0.29, 0.717) is 5.69 Å². The molecule has 3 aromatic rings. The van der Waals surface area contributed by atoms with Crippen LogP contribution in [0.1, 0.15) is 5.56 Å². The molecule has 3 nitrogen and oxygen atoms in total. The molecule has 0 bridgehead atoms. The maximum Gasteiger partial charge on any atom is 0.228 e. The van der Waals surface area contributed by atoms with Crippen molar-refractivity contribution >= 4 is 23.0 Å². The van der Waals surface area contributed by atoms with Crippen molar-refractivity contribution in [2.75, 3.05) is 10.6 Å². The van der Waals surface area contributed by atoms with Gasteiger partial charge in [-0.3, -0.25) is 4.79 Å². The highest BCUT2D eigenvalue weighted by molar-refractivity contribution is 5.92. The molecule has 0 aromatic heterocycles. The number of carbonyl (C=O) groups excluding carboxylic acids is 1. The van der Waals surface area contributed by atoms with Crippen molar-refractivity contribution in [1.29, 1.82) is 0 Å². The van der Waals surface area contributed by atoms with E-state index in [4.69, 9.17) is 0 Å². The van der Waals surface area contributed by atoms with E-state index < -0.39 is 0 Å². The number of halogens is 1. The minimum Gasteiger partial charge on any atom is -0.355 e. The maximum absolute atomic E-state index is 12.9. The van der Waals surface area contributed by atoms with Gasteiger partial charge in [0, 0.05) is 17.1 Å². The Balaban J connectivity index is 1.63. The molecule has 3 rings (SSSR count). The summed E-state index contributed by atoms with van der Waals surface area (Å²) in [5, 5.41) is 6.14. The highest BCUT2D eigenvalue weighted by Crippen LogP contribution is 2.20. The minimum atomic E-state index is -0.307. The van der Waals surface area contributed by atoms with E-state index in [9.17, 15) is 9.18 Å². The zero-order chi connectivity index (χ0) is 16.8. The molecule has 0 saturated heterocycles. The van der Waals surface area contributed by atoms with Gasteiger partial charge in [-0.2, -0.15) is 0 Å². The van der Waals surface area contributed by atoms with E-state index in [1.165, 1.54) is 12.1 Å². The Hall–Kier alpha value is -3.14. The SMILES string of the molecule is O=C(Cc1ccc(F)cc1)Nc1cccc(Nc2ccccc2)c1. The molecule has 0 atom stereocenters. The predicted octanol–water partition coefficient (Wildman–Crippen LogP) is 4.75. The number of nitrogens with one attached hydrogen (secondary N) is 2. The van der Waals surface area contributed by atoms with Crippen LogP contribution in [0.3, 0.4) is 0 Å². The summed E-state index contributed by atoms with van der Waals surface area (Å²) in [5.74, 6) is -0.447. The Morgan fingerprint density at radius 2 is 1.46 bits per heavy atom. The van der Waals surface area contributed by atoms with Crippen molar-refractivity contribution < 1.29 is 9.18 Å². The number of para-hydroxylation sites is 1. The fraction of sp³-hybridized carbons (Fsp3) is 0.0500. The fourth-order valence-electron chi connectivity index (χ4n) is 2.36. The normalized spacial score (nSPS) is 10.2. The van der Waals surface area contributed by atoms with E-state index >= 15 is 0 Å². The first-order valence-corrected chi connectivity index (χ1v) is 7.65. The van der Waals surface area contributed by atoms with Crippen molar-refractivity contribution in [3.05, 3.63) is 90.2 Å². The quantitative estimate of drug-likeness (QED) is 0.712. The molecule has 2 N–H and O–H groups in total. The van der Waals surface area contributed by atoms with Crippen molar-refractivity contribution in [3.63, 3.8) is 0 Å². The molecule has 4 heteroatoms. The molecule has 0 heterocycles. The van der Waals surface area contributed by atoms with Crippen molar-refractivity contribution in [2.45, 2.75) is 6.42 Å². The summed E-state index contributed by atoms with van der Waals surface area (Å²) in [6, 6.07) is 23.3. The van der Waals surface area contributed by atoms with E-state index in [1.54, 1.807) is 12.1 Å². The molecule has 0 aliphatic heterocycles. The van der Waals surface area contributed by atoms with Crippen molar-refractivity contribution in [2.24, 2.45) is 0 Å². The highest BCUT2D eigenvalue weighted by Gasteiger charge is 2.05. The first-order chi connectivity index (χ1) is 11.7. The number of benzene rings is 3.